The highest BCUT2D eigenvalue weighted by Gasteiger charge is 2.27. The fraction of sp³-hybridized carbons (Fsp3) is 0.625. The monoisotopic (exact) mass is 271 g/mol. The summed E-state index contributed by atoms with van der Waals surface area (Å²) in [6, 6.07) is -0.382. The quantitative estimate of drug-likeness (QED) is 0.822. The molecule has 0 amide bonds. The van der Waals surface area contributed by atoms with Crippen molar-refractivity contribution < 1.29 is 22.6 Å². The van der Waals surface area contributed by atoms with Gasteiger partial charge < -0.3 is 9.47 Å². The largest absolute Gasteiger partial charge is 0.464 e. The van der Waals surface area contributed by atoms with Gasteiger partial charge in [0.15, 0.2) is 0 Å². The lowest BCUT2D eigenvalue weighted by Crippen LogP contribution is -2.14. The Bertz CT molecular complexity index is 376. The predicted octanol–water partition coefficient (Wildman–Crippen LogP) is 2.25. The minimum absolute atomic E-state index is 0.0884. The fourth-order valence-electron chi connectivity index (χ4n) is 0.831. The Hall–Kier alpha value is -1.31. The van der Waals surface area contributed by atoms with E-state index >= 15 is 0 Å². The summed E-state index contributed by atoms with van der Waals surface area (Å²) in [5.41, 5.74) is 0. The Labute approximate surface area is 99.9 Å². The SMILES string of the molecule is CCOc1nc(Cl)nc(OCCC(F)(F)F)n1. The molecule has 0 aliphatic carbocycles. The topological polar surface area (TPSA) is 57.1 Å². The van der Waals surface area contributed by atoms with E-state index in [1.165, 1.54) is 0 Å². The van der Waals surface area contributed by atoms with Crippen LogP contribution in [-0.2, 0) is 0 Å². The molecule has 0 unspecified atom stereocenters. The highest BCUT2D eigenvalue weighted by Crippen LogP contribution is 2.20. The smallest absolute Gasteiger partial charge is 0.392 e. The Kier molecular flexibility index (Phi) is 4.73. The van der Waals surface area contributed by atoms with Crippen LogP contribution in [-0.4, -0.2) is 34.3 Å². The predicted molar refractivity (Wildman–Crippen MR) is 52.2 cm³/mol. The minimum atomic E-state index is -4.29. The van der Waals surface area contributed by atoms with Crippen molar-refractivity contribution in [2.75, 3.05) is 13.2 Å². The maximum absolute atomic E-state index is 11.9. The zero-order chi connectivity index (χ0) is 12.9. The summed E-state index contributed by atoms with van der Waals surface area (Å²) in [6.07, 6.45) is -5.39. The van der Waals surface area contributed by atoms with E-state index in [1.807, 2.05) is 0 Å². The third-order valence-corrected chi connectivity index (χ3v) is 1.63. The molecule has 1 heterocycles. The van der Waals surface area contributed by atoms with Gasteiger partial charge in [0, 0.05) is 0 Å². The molecule has 0 radical (unpaired) electrons. The molecule has 0 aliphatic rings. The van der Waals surface area contributed by atoms with E-state index in [9.17, 15) is 13.2 Å². The van der Waals surface area contributed by atoms with Gasteiger partial charge in [-0.3, -0.25) is 0 Å². The summed E-state index contributed by atoms with van der Waals surface area (Å²) in [4.78, 5) is 10.7. The number of rotatable bonds is 5. The lowest BCUT2D eigenvalue weighted by atomic mass is 10.4. The van der Waals surface area contributed by atoms with Crippen LogP contribution in [0.4, 0.5) is 13.2 Å². The molecule has 17 heavy (non-hydrogen) atoms. The zero-order valence-corrected chi connectivity index (χ0v) is 9.55. The molecular formula is C8H9ClF3N3O2. The van der Waals surface area contributed by atoms with Crippen molar-refractivity contribution in [1.29, 1.82) is 0 Å². The van der Waals surface area contributed by atoms with Crippen LogP contribution in [0.15, 0.2) is 0 Å². The molecule has 0 bridgehead atoms. The molecule has 1 aromatic heterocycles. The van der Waals surface area contributed by atoms with Crippen molar-refractivity contribution in [1.82, 2.24) is 15.0 Å². The third-order valence-electron chi connectivity index (χ3n) is 1.46. The fourth-order valence-corrected chi connectivity index (χ4v) is 0.976. The Morgan fingerprint density at radius 2 is 1.71 bits per heavy atom. The van der Waals surface area contributed by atoms with Crippen molar-refractivity contribution >= 4 is 11.6 Å². The summed E-state index contributed by atoms with van der Waals surface area (Å²) in [7, 11) is 0. The normalized spacial score (nSPS) is 11.4. The van der Waals surface area contributed by atoms with E-state index < -0.39 is 19.2 Å². The van der Waals surface area contributed by atoms with Gasteiger partial charge in [-0.2, -0.15) is 23.1 Å². The molecular weight excluding hydrogens is 263 g/mol. The summed E-state index contributed by atoms with van der Waals surface area (Å²) < 4.78 is 45.2. The molecule has 0 aromatic carbocycles. The van der Waals surface area contributed by atoms with Crippen LogP contribution in [0.2, 0.25) is 5.28 Å². The van der Waals surface area contributed by atoms with Gasteiger partial charge in [-0.1, -0.05) is 0 Å². The highest BCUT2D eigenvalue weighted by atomic mass is 35.5. The second-order valence-corrected chi connectivity index (χ2v) is 3.15. The van der Waals surface area contributed by atoms with Crippen molar-refractivity contribution in [3.05, 3.63) is 5.28 Å². The first kappa shape index (κ1) is 13.8. The zero-order valence-electron chi connectivity index (χ0n) is 8.79. The van der Waals surface area contributed by atoms with Crippen molar-refractivity contribution in [2.24, 2.45) is 0 Å². The van der Waals surface area contributed by atoms with Gasteiger partial charge in [-0.05, 0) is 18.5 Å². The lowest BCUT2D eigenvalue weighted by Gasteiger charge is -2.08. The molecule has 0 spiro atoms. The van der Waals surface area contributed by atoms with Gasteiger partial charge in [-0.15, -0.1) is 4.98 Å². The maximum Gasteiger partial charge on any atom is 0.392 e. The van der Waals surface area contributed by atoms with Crippen molar-refractivity contribution in [3.63, 3.8) is 0 Å². The van der Waals surface area contributed by atoms with Crippen LogP contribution in [0.5, 0.6) is 12.0 Å². The summed E-state index contributed by atoms with van der Waals surface area (Å²) in [6.45, 7) is 1.40. The van der Waals surface area contributed by atoms with Crippen LogP contribution in [0, 0.1) is 0 Å². The highest BCUT2D eigenvalue weighted by molar-refractivity contribution is 6.28. The molecule has 0 saturated heterocycles. The van der Waals surface area contributed by atoms with E-state index in [0.717, 1.165) is 0 Å². The molecule has 0 N–H and O–H groups in total. The van der Waals surface area contributed by atoms with E-state index in [2.05, 4.69) is 15.0 Å². The van der Waals surface area contributed by atoms with Crippen LogP contribution < -0.4 is 9.47 Å². The molecule has 1 aromatic rings. The molecule has 1 rings (SSSR count). The Morgan fingerprint density at radius 3 is 2.24 bits per heavy atom. The summed E-state index contributed by atoms with van der Waals surface area (Å²) in [5.74, 6) is 0. The first-order valence-corrected chi connectivity index (χ1v) is 5.02. The minimum Gasteiger partial charge on any atom is -0.464 e. The average Bonchev–Trinajstić information content (AvgIpc) is 2.15. The standard InChI is InChI=1S/C8H9ClF3N3O2/c1-2-16-6-13-5(9)14-7(15-6)17-4-3-8(10,11)12/h2-4H2,1H3. The molecule has 0 saturated carbocycles. The van der Waals surface area contributed by atoms with Crippen molar-refractivity contribution in [3.8, 4) is 12.0 Å². The van der Waals surface area contributed by atoms with Gasteiger partial charge in [0.2, 0.25) is 5.28 Å². The van der Waals surface area contributed by atoms with Crippen molar-refractivity contribution in [2.45, 2.75) is 19.5 Å². The van der Waals surface area contributed by atoms with E-state index in [-0.39, 0.29) is 17.3 Å². The van der Waals surface area contributed by atoms with E-state index in [4.69, 9.17) is 21.1 Å². The van der Waals surface area contributed by atoms with Gasteiger partial charge in [0.25, 0.3) is 0 Å². The number of halogens is 4. The number of nitrogens with zero attached hydrogens (tertiary/aromatic N) is 3. The van der Waals surface area contributed by atoms with E-state index in [1.54, 1.807) is 6.92 Å². The van der Waals surface area contributed by atoms with Gasteiger partial charge in [-0.25, -0.2) is 0 Å². The second kappa shape index (κ2) is 5.85. The average molecular weight is 272 g/mol. The number of ether oxygens (including phenoxy) is 2. The Morgan fingerprint density at radius 1 is 1.12 bits per heavy atom. The van der Waals surface area contributed by atoms with Crippen LogP contribution in [0.3, 0.4) is 0 Å². The number of alkyl halides is 3. The first-order valence-electron chi connectivity index (χ1n) is 4.64. The van der Waals surface area contributed by atoms with Gasteiger partial charge in [0.05, 0.1) is 13.0 Å². The number of hydrogen-bond acceptors (Lipinski definition) is 5. The molecule has 0 atom stereocenters. The van der Waals surface area contributed by atoms with E-state index in [0.29, 0.717) is 6.61 Å². The first-order chi connectivity index (χ1) is 7.90. The van der Waals surface area contributed by atoms with Crippen LogP contribution >= 0.6 is 11.6 Å². The molecule has 96 valence electrons. The summed E-state index contributed by atoms with van der Waals surface area (Å²) in [5, 5.41) is -0.203. The molecule has 9 heteroatoms. The van der Waals surface area contributed by atoms with Gasteiger partial charge >= 0.3 is 18.2 Å². The number of aromatic nitrogens is 3. The maximum atomic E-state index is 11.9. The lowest BCUT2D eigenvalue weighted by molar-refractivity contribution is -0.139. The van der Waals surface area contributed by atoms with Crippen LogP contribution in [0.1, 0.15) is 13.3 Å². The van der Waals surface area contributed by atoms with Crippen LogP contribution in [0.25, 0.3) is 0 Å². The summed E-state index contributed by atoms with van der Waals surface area (Å²) >= 11 is 5.51. The number of hydrogen-bond donors (Lipinski definition) is 0. The molecule has 0 fully saturated rings. The molecule has 0 aliphatic heterocycles. The molecule has 5 nitrogen and oxygen atoms in total. The third kappa shape index (κ3) is 5.53. The second-order valence-electron chi connectivity index (χ2n) is 2.82. The Balaban J connectivity index is 2.58. The van der Waals surface area contributed by atoms with Gasteiger partial charge in [0.1, 0.15) is 6.61 Å².